The van der Waals surface area contributed by atoms with Crippen molar-refractivity contribution in [1.82, 2.24) is 15.5 Å². The number of piperidine rings is 1. The molecule has 0 aliphatic carbocycles. The van der Waals surface area contributed by atoms with E-state index in [1.54, 1.807) is 12.1 Å². The van der Waals surface area contributed by atoms with Gasteiger partial charge in [-0.1, -0.05) is 12.1 Å². The number of imide groups is 1. The van der Waals surface area contributed by atoms with Crippen molar-refractivity contribution in [1.29, 1.82) is 0 Å². The Kier molecular flexibility index (Phi) is 12.9. The molecular formula is C27H41N5O8. The van der Waals surface area contributed by atoms with Crippen LogP contribution in [0.5, 0.6) is 0 Å². The van der Waals surface area contributed by atoms with E-state index in [1.807, 2.05) is 13.0 Å². The Morgan fingerprint density at radius 2 is 1.80 bits per heavy atom. The molecule has 40 heavy (non-hydrogen) atoms. The monoisotopic (exact) mass is 563 g/mol. The Morgan fingerprint density at radius 3 is 2.45 bits per heavy atom. The smallest absolute Gasteiger partial charge is 0.250 e. The van der Waals surface area contributed by atoms with E-state index in [2.05, 4.69) is 16.0 Å². The minimum atomic E-state index is -0.752. The van der Waals surface area contributed by atoms with Crippen molar-refractivity contribution >= 4 is 29.8 Å². The molecule has 1 unspecified atom stereocenters. The fourth-order valence-electron chi connectivity index (χ4n) is 4.51. The maximum atomic E-state index is 12.7. The lowest BCUT2D eigenvalue weighted by Gasteiger charge is -2.41. The molecule has 0 spiro atoms. The molecule has 5 N–H and O–H groups in total. The van der Waals surface area contributed by atoms with Crippen molar-refractivity contribution in [2.75, 3.05) is 77.8 Å². The van der Waals surface area contributed by atoms with Crippen molar-refractivity contribution in [2.45, 2.75) is 32.4 Å². The number of benzene rings is 1. The molecule has 2 heterocycles. The largest absolute Gasteiger partial charge is 0.378 e. The van der Waals surface area contributed by atoms with Gasteiger partial charge >= 0.3 is 0 Å². The van der Waals surface area contributed by atoms with Gasteiger partial charge in [-0.3, -0.25) is 24.5 Å². The number of hydrogen-bond donors (Lipinski definition) is 4. The number of carbonyl (C=O) groups excluding carboxylic acids is 4. The first kappa shape index (κ1) is 31.6. The number of amides is 4. The van der Waals surface area contributed by atoms with Crippen LogP contribution in [0, 0.1) is 12.3 Å². The minimum Gasteiger partial charge on any atom is -0.378 e. The topological polar surface area (TPSA) is 171 Å². The Balaban J connectivity index is 1.43. The summed E-state index contributed by atoms with van der Waals surface area (Å²) in [6.07, 6.45) is 1.01. The number of anilines is 1. The maximum absolute atomic E-state index is 12.7. The van der Waals surface area contributed by atoms with Crippen LogP contribution in [0.15, 0.2) is 18.2 Å². The minimum absolute atomic E-state index is 0.107. The molecule has 2 aliphatic heterocycles. The number of nitrogens with one attached hydrogen (secondary N) is 3. The lowest BCUT2D eigenvalue weighted by Crippen LogP contribution is -2.59. The normalized spacial score (nSPS) is 18.1. The third kappa shape index (κ3) is 9.61. The molecule has 13 nitrogen and oxygen atoms in total. The van der Waals surface area contributed by atoms with Crippen molar-refractivity contribution in [2.24, 2.45) is 11.1 Å². The third-order valence-corrected chi connectivity index (χ3v) is 6.83. The van der Waals surface area contributed by atoms with Crippen LogP contribution in [-0.4, -0.2) is 108 Å². The number of rotatable bonds is 19. The van der Waals surface area contributed by atoms with E-state index in [1.165, 1.54) is 4.90 Å². The highest BCUT2D eigenvalue weighted by Crippen LogP contribution is 2.25. The molecule has 2 fully saturated rings. The molecule has 1 aromatic rings. The predicted molar refractivity (Wildman–Crippen MR) is 145 cm³/mol. The van der Waals surface area contributed by atoms with E-state index in [4.69, 9.17) is 24.7 Å². The summed E-state index contributed by atoms with van der Waals surface area (Å²) in [5.74, 6) is -1.19. The SMILES string of the molecule is Cc1cccc(NC(=O)COCC2(COCCOCCOCCN)CNC2)c1CN(C=O)C1CCC(=O)NC1=O. The fraction of sp³-hybridized carbons (Fsp3) is 0.630. The zero-order valence-corrected chi connectivity index (χ0v) is 23.1. The first-order valence-electron chi connectivity index (χ1n) is 13.5. The van der Waals surface area contributed by atoms with E-state index in [9.17, 15) is 19.2 Å². The average Bonchev–Trinajstić information content (AvgIpc) is 2.90. The highest BCUT2D eigenvalue weighted by atomic mass is 16.5. The summed E-state index contributed by atoms with van der Waals surface area (Å²) in [4.78, 5) is 49.7. The number of hydrogen-bond acceptors (Lipinski definition) is 10. The van der Waals surface area contributed by atoms with Gasteiger partial charge in [0.05, 0.1) is 46.2 Å². The van der Waals surface area contributed by atoms with Crippen molar-refractivity contribution in [3.05, 3.63) is 29.3 Å². The summed E-state index contributed by atoms with van der Waals surface area (Å²) in [6, 6.07) is 4.66. The van der Waals surface area contributed by atoms with Crippen LogP contribution in [0.4, 0.5) is 5.69 Å². The third-order valence-electron chi connectivity index (χ3n) is 6.83. The quantitative estimate of drug-likeness (QED) is 0.0960. The van der Waals surface area contributed by atoms with E-state index < -0.39 is 11.9 Å². The molecule has 2 saturated heterocycles. The molecule has 3 rings (SSSR count). The Bertz CT molecular complexity index is 1000. The molecule has 2 aliphatic rings. The first-order chi connectivity index (χ1) is 19.4. The summed E-state index contributed by atoms with van der Waals surface area (Å²) in [7, 11) is 0. The van der Waals surface area contributed by atoms with E-state index in [-0.39, 0.29) is 43.2 Å². The summed E-state index contributed by atoms with van der Waals surface area (Å²) in [5.41, 5.74) is 7.24. The standard InChI is InChI=1S/C27H41N5O8/c1-20-3-2-4-22(21(20)13-32(19-33)23-5-6-24(34)31-26(23)36)30-25(35)14-40-18-27(15-29-16-27)17-39-12-11-38-10-9-37-8-7-28/h2-4,19,23,29H,5-18,28H2,1H3,(H,30,35)(H,31,34,36). The lowest BCUT2D eigenvalue weighted by atomic mass is 9.83. The van der Waals surface area contributed by atoms with Crippen LogP contribution in [0.3, 0.4) is 0 Å². The first-order valence-corrected chi connectivity index (χ1v) is 13.5. The Labute approximate surface area is 234 Å². The molecule has 4 amide bonds. The van der Waals surface area contributed by atoms with Crippen molar-refractivity contribution in [3.63, 3.8) is 0 Å². The van der Waals surface area contributed by atoms with Crippen LogP contribution >= 0.6 is 0 Å². The van der Waals surface area contributed by atoms with Crippen molar-refractivity contribution in [3.8, 4) is 0 Å². The molecule has 0 aromatic heterocycles. The molecule has 0 radical (unpaired) electrons. The van der Waals surface area contributed by atoms with Gasteiger partial charge in [-0.05, 0) is 30.5 Å². The van der Waals surface area contributed by atoms with Gasteiger partial charge in [0, 0.05) is 43.7 Å². The number of ether oxygens (including phenoxy) is 4. The highest BCUT2D eigenvalue weighted by Gasteiger charge is 2.38. The average molecular weight is 564 g/mol. The van der Waals surface area contributed by atoms with Gasteiger partial charge < -0.3 is 40.2 Å². The number of aryl methyl sites for hydroxylation is 1. The van der Waals surface area contributed by atoms with E-state index in [0.29, 0.717) is 70.5 Å². The van der Waals surface area contributed by atoms with E-state index >= 15 is 0 Å². The molecule has 13 heteroatoms. The second-order valence-electron chi connectivity index (χ2n) is 10.1. The van der Waals surface area contributed by atoms with Crippen LogP contribution in [0.1, 0.15) is 24.0 Å². The van der Waals surface area contributed by atoms with Gasteiger partial charge in [0.2, 0.25) is 24.1 Å². The Morgan fingerprint density at radius 1 is 1.10 bits per heavy atom. The zero-order chi connectivity index (χ0) is 28.8. The summed E-state index contributed by atoms with van der Waals surface area (Å²) < 4.78 is 22.2. The second kappa shape index (κ2) is 16.4. The predicted octanol–water partition coefficient (Wildman–Crippen LogP) is -0.688. The van der Waals surface area contributed by atoms with Gasteiger partial charge in [0.25, 0.3) is 0 Å². The maximum Gasteiger partial charge on any atom is 0.250 e. The van der Waals surface area contributed by atoms with Gasteiger partial charge in [0.1, 0.15) is 12.6 Å². The van der Waals surface area contributed by atoms with Gasteiger partial charge in [-0.2, -0.15) is 0 Å². The number of nitrogens with zero attached hydrogens (tertiary/aromatic N) is 1. The molecule has 0 saturated carbocycles. The van der Waals surface area contributed by atoms with Crippen LogP contribution in [0.25, 0.3) is 0 Å². The molecule has 222 valence electrons. The second-order valence-corrected chi connectivity index (χ2v) is 10.1. The highest BCUT2D eigenvalue weighted by molar-refractivity contribution is 6.01. The van der Waals surface area contributed by atoms with E-state index in [0.717, 1.165) is 18.7 Å². The lowest BCUT2D eigenvalue weighted by molar-refractivity contribution is -0.141. The summed E-state index contributed by atoms with van der Waals surface area (Å²) in [6.45, 7) is 7.03. The van der Waals surface area contributed by atoms with Gasteiger partial charge in [0.15, 0.2) is 0 Å². The van der Waals surface area contributed by atoms with Gasteiger partial charge in [-0.15, -0.1) is 0 Å². The summed E-state index contributed by atoms with van der Waals surface area (Å²) in [5, 5.41) is 8.37. The number of nitrogens with two attached hydrogens (primary N) is 1. The molecule has 1 aromatic carbocycles. The van der Waals surface area contributed by atoms with Crippen LogP contribution in [0.2, 0.25) is 0 Å². The number of carbonyl (C=O) groups is 4. The molecule has 0 bridgehead atoms. The van der Waals surface area contributed by atoms with Crippen LogP contribution in [-0.2, 0) is 44.7 Å². The fourth-order valence-corrected chi connectivity index (χ4v) is 4.51. The molecular weight excluding hydrogens is 522 g/mol. The molecule has 1 atom stereocenters. The van der Waals surface area contributed by atoms with Crippen LogP contribution < -0.4 is 21.7 Å². The zero-order valence-electron chi connectivity index (χ0n) is 23.1. The van der Waals surface area contributed by atoms with Crippen molar-refractivity contribution < 1.29 is 38.1 Å². The Hall–Kier alpha value is -2.94. The van der Waals surface area contributed by atoms with Gasteiger partial charge in [-0.25, -0.2) is 0 Å². The summed E-state index contributed by atoms with van der Waals surface area (Å²) >= 11 is 0.